The average molecular weight is 262 g/mol. The molecule has 0 fully saturated rings. The highest BCUT2D eigenvalue weighted by Crippen LogP contribution is 2.18. The number of nitrogens with one attached hydrogen (secondary N) is 2. The van der Waals surface area contributed by atoms with E-state index in [1.54, 1.807) is 0 Å². The molecule has 0 aliphatic rings. The molecule has 1 aromatic heterocycles. The predicted octanol–water partition coefficient (Wildman–Crippen LogP) is 2.14. The van der Waals surface area contributed by atoms with Gasteiger partial charge in [0.05, 0.1) is 0 Å². The van der Waals surface area contributed by atoms with Crippen molar-refractivity contribution in [2.24, 2.45) is 0 Å². The quantitative estimate of drug-likeness (QED) is 0.422. The summed E-state index contributed by atoms with van der Waals surface area (Å²) >= 11 is 0. The third kappa shape index (κ3) is 3.33. The third-order valence-corrected chi connectivity index (χ3v) is 3.08. The smallest absolute Gasteiger partial charge is 0.339 e. The molecule has 0 aliphatic carbocycles. The Bertz CT molecular complexity index is 607. The largest absolute Gasteiger partial charge is 0.422 e. The molecule has 0 atom stereocenters. The predicted molar refractivity (Wildman–Crippen MR) is 74.8 cm³/mol. The fourth-order valence-corrected chi connectivity index (χ4v) is 2.00. The molecule has 19 heavy (non-hydrogen) atoms. The fourth-order valence-electron chi connectivity index (χ4n) is 2.00. The molecule has 5 heteroatoms. The Morgan fingerprint density at radius 2 is 2.11 bits per heavy atom. The molecule has 0 bridgehead atoms. The number of fused-ring (bicyclic) bond motifs is 1. The van der Waals surface area contributed by atoms with E-state index in [-0.39, 0.29) is 5.63 Å². The molecule has 0 saturated carbocycles. The van der Waals surface area contributed by atoms with Gasteiger partial charge in [-0.15, -0.1) is 0 Å². The van der Waals surface area contributed by atoms with Crippen molar-refractivity contribution in [1.29, 1.82) is 0 Å². The van der Waals surface area contributed by atoms with Gasteiger partial charge in [-0.2, -0.15) is 0 Å². The molecule has 3 N–H and O–H groups in total. The molecule has 0 spiro atoms. The van der Waals surface area contributed by atoms with Gasteiger partial charge in [0, 0.05) is 36.3 Å². The number of hydrogen-bond donors (Lipinski definition) is 3. The van der Waals surface area contributed by atoms with Crippen LogP contribution in [0.25, 0.3) is 11.0 Å². The minimum Gasteiger partial charge on any atom is -0.422 e. The van der Waals surface area contributed by atoms with E-state index < -0.39 is 0 Å². The Hall–Kier alpha value is -1.85. The van der Waals surface area contributed by atoms with Gasteiger partial charge in [-0.05, 0) is 37.5 Å². The van der Waals surface area contributed by atoms with Crippen LogP contribution >= 0.6 is 0 Å². The van der Waals surface area contributed by atoms with E-state index in [4.69, 9.17) is 9.62 Å². The van der Waals surface area contributed by atoms with Crippen LogP contribution in [0.5, 0.6) is 0 Å². The van der Waals surface area contributed by atoms with Crippen molar-refractivity contribution in [1.82, 2.24) is 5.48 Å². The summed E-state index contributed by atoms with van der Waals surface area (Å²) in [5.41, 5.74) is 4.01. The second kappa shape index (κ2) is 6.36. The molecule has 5 nitrogen and oxygen atoms in total. The maximum atomic E-state index is 11.8. The molecule has 0 amide bonds. The summed E-state index contributed by atoms with van der Waals surface area (Å²) in [7, 11) is 1.82. The lowest BCUT2D eigenvalue weighted by atomic mass is 10.1. The lowest BCUT2D eigenvalue weighted by Crippen LogP contribution is -2.11. The van der Waals surface area contributed by atoms with Gasteiger partial charge in [0.15, 0.2) is 0 Å². The van der Waals surface area contributed by atoms with E-state index in [2.05, 4.69) is 10.8 Å². The molecule has 1 aromatic carbocycles. The first kappa shape index (κ1) is 13.6. The molecular weight excluding hydrogens is 244 g/mol. The van der Waals surface area contributed by atoms with Crippen LogP contribution in [0.2, 0.25) is 0 Å². The first-order valence-electron chi connectivity index (χ1n) is 6.36. The summed E-state index contributed by atoms with van der Waals surface area (Å²) in [6.45, 7) is 0.532. The van der Waals surface area contributed by atoms with Gasteiger partial charge >= 0.3 is 5.63 Å². The number of hydroxylamine groups is 1. The normalized spacial score (nSPS) is 10.8. The highest BCUT2D eigenvalue weighted by molar-refractivity contribution is 5.80. The summed E-state index contributed by atoms with van der Waals surface area (Å²) in [5.74, 6) is 0. The number of aryl methyl sites for hydroxylation is 1. The summed E-state index contributed by atoms with van der Waals surface area (Å²) in [4.78, 5) is 11.8. The van der Waals surface area contributed by atoms with E-state index in [0.717, 1.165) is 23.9 Å². The minimum atomic E-state index is -0.280. The van der Waals surface area contributed by atoms with Crippen molar-refractivity contribution in [3.05, 3.63) is 40.2 Å². The molecule has 1 heterocycles. The van der Waals surface area contributed by atoms with Crippen LogP contribution < -0.4 is 16.4 Å². The van der Waals surface area contributed by atoms with Gasteiger partial charge in [0.1, 0.15) is 5.58 Å². The van der Waals surface area contributed by atoms with E-state index in [9.17, 15) is 4.79 Å². The lowest BCUT2D eigenvalue weighted by Gasteiger charge is -2.04. The van der Waals surface area contributed by atoms with Gasteiger partial charge in [-0.1, -0.05) is 0 Å². The van der Waals surface area contributed by atoms with Crippen molar-refractivity contribution >= 4 is 16.7 Å². The average Bonchev–Trinajstić information content (AvgIpc) is 2.43. The van der Waals surface area contributed by atoms with Crippen LogP contribution in [-0.4, -0.2) is 18.8 Å². The lowest BCUT2D eigenvalue weighted by molar-refractivity contribution is 0.165. The van der Waals surface area contributed by atoms with Crippen molar-refractivity contribution in [3.63, 3.8) is 0 Å². The van der Waals surface area contributed by atoms with Crippen molar-refractivity contribution < 1.29 is 9.62 Å². The number of unbranched alkanes of at least 4 members (excludes halogenated alkanes) is 1. The van der Waals surface area contributed by atoms with Crippen LogP contribution in [0, 0.1) is 0 Å². The van der Waals surface area contributed by atoms with Crippen LogP contribution in [-0.2, 0) is 6.42 Å². The molecule has 102 valence electrons. The zero-order valence-corrected chi connectivity index (χ0v) is 10.9. The zero-order valence-electron chi connectivity index (χ0n) is 10.9. The Morgan fingerprint density at radius 3 is 2.84 bits per heavy atom. The van der Waals surface area contributed by atoms with Crippen molar-refractivity contribution in [2.75, 3.05) is 18.9 Å². The maximum absolute atomic E-state index is 11.8. The summed E-state index contributed by atoms with van der Waals surface area (Å²) < 4.78 is 5.33. The molecule has 0 unspecified atom stereocenters. The summed E-state index contributed by atoms with van der Waals surface area (Å²) in [6, 6.07) is 7.58. The van der Waals surface area contributed by atoms with Crippen LogP contribution in [0.3, 0.4) is 0 Å². The maximum Gasteiger partial charge on any atom is 0.339 e. The minimum absolute atomic E-state index is 0.280. The Balaban J connectivity index is 2.21. The Kier molecular flexibility index (Phi) is 4.54. The first-order valence-corrected chi connectivity index (χ1v) is 6.36. The highest BCUT2D eigenvalue weighted by Gasteiger charge is 2.05. The van der Waals surface area contributed by atoms with Gasteiger partial charge in [0.2, 0.25) is 0 Å². The van der Waals surface area contributed by atoms with Crippen LogP contribution in [0.15, 0.2) is 33.5 Å². The highest BCUT2D eigenvalue weighted by atomic mass is 16.5. The van der Waals surface area contributed by atoms with Crippen molar-refractivity contribution in [3.8, 4) is 0 Å². The molecule has 0 aliphatic heterocycles. The van der Waals surface area contributed by atoms with Crippen molar-refractivity contribution in [2.45, 2.75) is 19.3 Å². The van der Waals surface area contributed by atoms with Crippen LogP contribution in [0.1, 0.15) is 18.4 Å². The monoisotopic (exact) mass is 262 g/mol. The molecule has 0 saturated heterocycles. The molecule has 2 rings (SSSR count). The molecule has 0 radical (unpaired) electrons. The Labute approximate surface area is 111 Å². The van der Waals surface area contributed by atoms with Gasteiger partial charge in [0.25, 0.3) is 0 Å². The first-order chi connectivity index (χ1) is 9.24. The van der Waals surface area contributed by atoms with E-state index in [0.29, 0.717) is 24.1 Å². The van der Waals surface area contributed by atoms with Gasteiger partial charge < -0.3 is 14.9 Å². The second-order valence-corrected chi connectivity index (χ2v) is 4.43. The number of rotatable bonds is 6. The number of hydrogen-bond acceptors (Lipinski definition) is 5. The van der Waals surface area contributed by atoms with Crippen LogP contribution in [0.4, 0.5) is 5.69 Å². The second-order valence-electron chi connectivity index (χ2n) is 4.43. The Morgan fingerprint density at radius 1 is 1.26 bits per heavy atom. The third-order valence-electron chi connectivity index (χ3n) is 3.08. The number of anilines is 1. The SMILES string of the molecule is CNc1ccc2cc(CCCCNO)c(=O)oc2c1. The number of benzene rings is 1. The molecular formula is C14H18N2O3. The topological polar surface area (TPSA) is 74.5 Å². The standard InChI is InChI=1S/C14H18N2O3/c1-15-12-6-5-10-8-11(4-2-3-7-16-18)14(17)19-13(10)9-12/h5-6,8-9,15-16,18H,2-4,7H2,1H3. The van der Waals surface area contributed by atoms with E-state index in [1.165, 1.54) is 0 Å². The van der Waals surface area contributed by atoms with E-state index in [1.807, 2.05) is 31.3 Å². The summed E-state index contributed by atoms with van der Waals surface area (Å²) in [6.07, 6.45) is 2.30. The summed E-state index contributed by atoms with van der Waals surface area (Å²) in [5, 5.41) is 12.4. The van der Waals surface area contributed by atoms with Gasteiger partial charge in [-0.3, -0.25) is 0 Å². The van der Waals surface area contributed by atoms with Gasteiger partial charge in [-0.25, -0.2) is 10.3 Å². The fraction of sp³-hybridized carbons (Fsp3) is 0.357. The zero-order chi connectivity index (χ0) is 13.7. The molecule has 2 aromatic rings. The van der Waals surface area contributed by atoms with E-state index >= 15 is 0 Å².